The van der Waals surface area contributed by atoms with E-state index in [2.05, 4.69) is 5.32 Å². The molecule has 0 saturated heterocycles. The number of halogens is 1. The van der Waals surface area contributed by atoms with Crippen LogP contribution in [0.3, 0.4) is 0 Å². The number of hydrogen-bond donors (Lipinski definition) is 3. The molecule has 0 bridgehead atoms. The number of nitrogens with zero attached hydrogens (tertiary/aromatic N) is 1. The summed E-state index contributed by atoms with van der Waals surface area (Å²) >= 11 is 0. The van der Waals surface area contributed by atoms with E-state index < -0.39 is 28.7 Å². The van der Waals surface area contributed by atoms with Crippen molar-refractivity contribution in [2.75, 3.05) is 38.3 Å². The van der Waals surface area contributed by atoms with Gasteiger partial charge in [-0.2, -0.15) is 0 Å². The van der Waals surface area contributed by atoms with Crippen molar-refractivity contribution >= 4 is 28.5 Å². The number of carbonyl (C=O) groups is 2. The smallest absolute Gasteiger partial charge is 0.341 e. The van der Waals surface area contributed by atoms with Gasteiger partial charge in [-0.25, -0.2) is 9.18 Å². The fraction of sp³-hybridized carbons (Fsp3) is 0.421. The van der Waals surface area contributed by atoms with Gasteiger partial charge in [0.15, 0.2) is 0 Å². The van der Waals surface area contributed by atoms with Crippen LogP contribution in [0.5, 0.6) is 0 Å². The third-order valence-electron chi connectivity index (χ3n) is 4.13. The van der Waals surface area contributed by atoms with Crippen LogP contribution in [-0.4, -0.2) is 59.7 Å². The Morgan fingerprint density at radius 2 is 1.83 bits per heavy atom. The van der Waals surface area contributed by atoms with Crippen molar-refractivity contribution in [1.29, 1.82) is 0 Å². The first kappa shape index (κ1) is 22.3. The lowest BCUT2D eigenvalue weighted by atomic mass is 10.1. The maximum absolute atomic E-state index is 14.4. The number of pyridine rings is 1. The van der Waals surface area contributed by atoms with Gasteiger partial charge in [-0.05, 0) is 19.1 Å². The number of benzene rings is 1. The highest BCUT2D eigenvalue weighted by molar-refractivity contribution is 5.93. The third kappa shape index (κ3) is 6.00. The topological polar surface area (TPSA) is 127 Å². The molecule has 0 aliphatic heterocycles. The molecule has 0 spiro atoms. The molecule has 3 N–H and O–H groups in total. The summed E-state index contributed by atoms with van der Waals surface area (Å²) in [6, 6.07) is 2.51. The number of aryl methyl sites for hydroxylation is 1. The molecule has 2 rings (SSSR count). The number of nitrogens with one attached hydrogen (secondary N) is 1. The molecule has 158 valence electrons. The van der Waals surface area contributed by atoms with E-state index in [1.54, 1.807) is 11.5 Å². The molecule has 0 aliphatic rings. The van der Waals surface area contributed by atoms with Crippen molar-refractivity contribution in [3.8, 4) is 0 Å². The van der Waals surface area contributed by atoms with Gasteiger partial charge >= 0.3 is 11.9 Å². The first-order valence-electron chi connectivity index (χ1n) is 9.06. The molecular weight excluding hydrogens is 387 g/mol. The summed E-state index contributed by atoms with van der Waals surface area (Å²) in [4.78, 5) is 33.9. The minimum atomic E-state index is -1.36. The summed E-state index contributed by atoms with van der Waals surface area (Å²) in [7, 11) is 0. The Morgan fingerprint density at radius 1 is 1.14 bits per heavy atom. The van der Waals surface area contributed by atoms with Gasteiger partial charge in [0.25, 0.3) is 0 Å². The molecule has 0 aliphatic carbocycles. The molecule has 1 aromatic heterocycles. The molecular formula is C19H23FN2O7. The van der Waals surface area contributed by atoms with E-state index in [1.807, 2.05) is 0 Å². The zero-order valence-electron chi connectivity index (χ0n) is 15.9. The Morgan fingerprint density at radius 3 is 2.45 bits per heavy atom. The van der Waals surface area contributed by atoms with Crippen LogP contribution in [0.15, 0.2) is 23.1 Å². The number of fused-ring (bicyclic) bond motifs is 1. The van der Waals surface area contributed by atoms with E-state index in [9.17, 15) is 18.8 Å². The molecule has 0 unspecified atom stereocenters. The van der Waals surface area contributed by atoms with Gasteiger partial charge < -0.3 is 29.6 Å². The average molecular weight is 410 g/mol. The predicted octanol–water partition coefficient (Wildman–Crippen LogP) is 1.78. The van der Waals surface area contributed by atoms with Gasteiger partial charge in [0.1, 0.15) is 11.4 Å². The fourth-order valence-corrected chi connectivity index (χ4v) is 2.70. The van der Waals surface area contributed by atoms with Gasteiger partial charge in [-0.3, -0.25) is 9.59 Å². The van der Waals surface area contributed by atoms with Gasteiger partial charge in [0, 0.05) is 24.7 Å². The standard InChI is InChI=1S/C19H23FN2O7/c1-2-22-11-13(19(26)27)18(25)12-9-14(20)15(10-16(12)22)21-4-6-29-8-7-28-5-3-17(23)24/h9-11,21H,2-8H2,1H3,(H,23,24)(H,26,27). The first-order valence-corrected chi connectivity index (χ1v) is 9.06. The second kappa shape index (κ2) is 10.5. The Hall–Kier alpha value is -2.98. The van der Waals surface area contributed by atoms with E-state index in [1.165, 1.54) is 12.3 Å². The Balaban J connectivity index is 1.97. The van der Waals surface area contributed by atoms with E-state index >= 15 is 0 Å². The lowest BCUT2D eigenvalue weighted by Gasteiger charge is -2.14. The zero-order valence-corrected chi connectivity index (χ0v) is 15.9. The van der Waals surface area contributed by atoms with Gasteiger partial charge in [0.2, 0.25) is 5.43 Å². The monoisotopic (exact) mass is 410 g/mol. The van der Waals surface area contributed by atoms with Crippen molar-refractivity contribution in [1.82, 2.24) is 4.57 Å². The largest absolute Gasteiger partial charge is 0.481 e. The average Bonchev–Trinajstić information content (AvgIpc) is 2.67. The van der Waals surface area contributed by atoms with Crippen LogP contribution in [0.25, 0.3) is 10.9 Å². The number of aliphatic carboxylic acids is 1. The number of carboxylic acid groups (broad SMARTS) is 2. The summed E-state index contributed by atoms with van der Waals surface area (Å²) in [6.45, 7) is 3.40. The van der Waals surface area contributed by atoms with Crippen LogP contribution in [0.2, 0.25) is 0 Å². The number of carboxylic acids is 2. The first-order chi connectivity index (χ1) is 13.8. The molecule has 1 aromatic carbocycles. The molecule has 10 heteroatoms. The van der Waals surface area contributed by atoms with Crippen LogP contribution in [0.4, 0.5) is 10.1 Å². The maximum Gasteiger partial charge on any atom is 0.341 e. The Labute approximate surface area is 165 Å². The van der Waals surface area contributed by atoms with Crippen LogP contribution in [0.1, 0.15) is 23.7 Å². The summed E-state index contributed by atoms with van der Waals surface area (Å²) in [5, 5.41) is 20.5. The number of hydrogen-bond acceptors (Lipinski definition) is 6. The van der Waals surface area contributed by atoms with Gasteiger partial charge in [-0.15, -0.1) is 0 Å². The molecule has 0 atom stereocenters. The highest BCUT2D eigenvalue weighted by Crippen LogP contribution is 2.22. The number of anilines is 1. The van der Waals surface area contributed by atoms with Crippen molar-refractivity contribution in [2.24, 2.45) is 0 Å². The van der Waals surface area contributed by atoms with Crippen molar-refractivity contribution in [3.63, 3.8) is 0 Å². The van der Waals surface area contributed by atoms with E-state index in [-0.39, 0.29) is 43.9 Å². The molecule has 0 saturated carbocycles. The van der Waals surface area contributed by atoms with Crippen LogP contribution < -0.4 is 10.7 Å². The van der Waals surface area contributed by atoms with Gasteiger partial charge in [-0.1, -0.05) is 0 Å². The fourth-order valence-electron chi connectivity index (χ4n) is 2.70. The third-order valence-corrected chi connectivity index (χ3v) is 4.13. The molecule has 0 radical (unpaired) electrons. The minimum Gasteiger partial charge on any atom is -0.481 e. The minimum absolute atomic E-state index is 0.00422. The lowest BCUT2D eigenvalue weighted by Crippen LogP contribution is -2.19. The molecule has 0 fully saturated rings. The maximum atomic E-state index is 14.4. The summed E-state index contributed by atoms with van der Waals surface area (Å²) < 4.78 is 26.4. The molecule has 9 nitrogen and oxygen atoms in total. The van der Waals surface area contributed by atoms with Crippen molar-refractivity contribution in [3.05, 3.63) is 39.9 Å². The van der Waals surface area contributed by atoms with Crippen molar-refractivity contribution in [2.45, 2.75) is 19.9 Å². The summed E-state index contributed by atoms with van der Waals surface area (Å²) in [5.74, 6) is -2.96. The SMILES string of the molecule is CCn1cc(C(=O)O)c(=O)c2cc(F)c(NCCOCCOCCC(=O)O)cc21. The lowest BCUT2D eigenvalue weighted by molar-refractivity contribution is -0.138. The number of rotatable bonds is 12. The number of ether oxygens (including phenoxy) is 2. The zero-order chi connectivity index (χ0) is 21.4. The number of aromatic carboxylic acids is 1. The molecule has 0 amide bonds. The van der Waals surface area contributed by atoms with Crippen LogP contribution >= 0.6 is 0 Å². The highest BCUT2D eigenvalue weighted by Gasteiger charge is 2.16. The Kier molecular flexibility index (Phi) is 8.10. The second-order valence-corrected chi connectivity index (χ2v) is 6.11. The molecule has 29 heavy (non-hydrogen) atoms. The van der Waals surface area contributed by atoms with Crippen molar-refractivity contribution < 1.29 is 33.7 Å². The second-order valence-electron chi connectivity index (χ2n) is 6.11. The van der Waals surface area contributed by atoms with E-state index in [4.69, 9.17) is 19.7 Å². The van der Waals surface area contributed by atoms with E-state index in [0.29, 0.717) is 18.6 Å². The predicted molar refractivity (Wildman–Crippen MR) is 103 cm³/mol. The molecule has 1 heterocycles. The summed E-state index contributed by atoms with van der Waals surface area (Å²) in [5.41, 5.74) is -0.532. The summed E-state index contributed by atoms with van der Waals surface area (Å²) in [6.07, 6.45) is 1.18. The Bertz CT molecular complexity index is 942. The van der Waals surface area contributed by atoms with E-state index in [0.717, 1.165) is 6.07 Å². The van der Waals surface area contributed by atoms with Crippen LogP contribution in [0, 0.1) is 5.82 Å². The quantitative estimate of drug-likeness (QED) is 0.452. The molecule has 2 aromatic rings. The normalized spacial score (nSPS) is 11.0. The van der Waals surface area contributed by atoms with Gasteiger partial charge in [0.05, 0.1) is 44.1 Å². The van der Waals surface area contributed by atoms with Crippen LogP contribution in [-0.2, 0) is 20.8 Å². The highest BCUT2D eigenvalue weighted by atomic mass is 19.1. The number of aromatic nitrogens is 1.